The second-order valence-electron chi connectivity index (χ2n) is 16.7. The van der Waals surface area contributed by atoms with E-state index in [1.54, 1.807) is 0 Å². The fourth-order valence-electron chi connectivity index (χ4n) is 9.89. The van der Waals surface area contributed by atoms with E-state index in [-0.39, 0.29) is 22.5 Å². The van der Waals surface area contributed by atoms with Gasteiger partial charge in [0.05, 0.1) is 0 Å². The van der Waals surface area contributed by atoms with Crippen LogP contribution < -0.4 is 0 Å². The monoisotopic (exact) mass is 542 g/mol. The first kappa shape index (κ1) is 30.5. The van der Waals surface area contributed by atoms with E-state index in [1.165, 1.54) is 38.5 Å². The Morgan fingerprint density at radius 2 is 1.61 bits per heavy atom. The highest BCUT2D eigenvalue weighted by atomic mass is 28.4. The highest BCUT2D eigenvalue weighted by Crippen LogP contribution is 2.68. The summed E-state index contributed by atoms with van der Waals surface area (Å²) in [5, 5.41) is 0.223. The molecule has 10 atom stereocenters. The van der Waals surface area contributed by atoms with Gasteiger partial charge in [0.1, 0.15) is 5.78 Å². The van der Waals surface area contributed by atoms with E-state index in [1.807, 2.05) is 0 Å². The minimum absolute atomic E-state index is 0.184. The summed E-state index contributed by atoms with van der Waals surface area (Å²) in [4.78, 5) is 13.9. The van der Waals surface area contributed by atoms with Crippen LogP contribution in [0.4, 0.5) is 0 Å². The number of hydrogen-bond acceptors (Lipinski definition) is 2. The number of hydrogen-bond donors (Lipinski definition) is 0. The lowest BCUT2D eigenvalue weighted by molar-refractivity contribution is -0.159. The Hall–Kier alpha value is -0.413. The van der Waals surface area contributed by atoms with Gasteiger partial charge in [0, 0.05) is 18.4 Å². The van der Waals surface area contributed by atoms with Gasteiger partial charge in [0.15, 0.2) is 8.32 Å². The van der Waals surface area contributed by atoms with Crippen molar-refractivity contribution in [1.82, 2.24) is 0 Å². The van der Waals surface area contributed by atoms with E-state index in [0.29, 0.717) is 29.0 Å². The van der Waals surface area contributed by atoms with Gasteiger partial charge in [0.25, 0.3) is 0 Å². The average molecular weight is 543 g/mol. The van der Waals surface area contributed by atoms with Crippen molar-refractivity contribution < 1.29 is 9.22 Å². The predicted molar refractivity (Wildman–Crippen MR) is 165 cm³/mol. The third kappa shape index (κ3) is 5.30. The van der Waals surface area contributed by atoms with Gasteiger partial charge in [0.2, 0.25) is 0 Å². The lowest BCUT2D eigenvalue weighted by Crippen LogP contribution is -2.58. The second kappa shape index (κ2) is 10.8. The van der Waals surface area contributed by atoms with Crippen LogP contribution in [0, 0.1) is 58.2 Å². The summed E-state index contributed by atoms with van der Waals surface area (Å²) in [6.07, 6.45) is 16.2. The number of allylic oxidation sites excluding steroid dienone is 2. The topological polar surface area (TPSA) is 26.3 Å². The number of carbonyl (C=O) groups excluding carboxylic acids is 1. The molecule has 3 heteroatoms. The molecule has 0 unspecified atom stereocenters. The van der Waals surface area contributed by atoms with Gasteiger partial charge in [-0.15, -0.1) is 0 Å². The van der Waals surface area contributed by atoms with Crippen LogP contribution in [0.1, 0.15) is 120 Å². The summed E-state index contributed by atoms with van der Waals surface area (Å²) < 4.78 is 6.89. The number of ketones is 1. The zero-order valence-electron chi connectivity index (χ0n) is 27.0. The Morgan fingerprint density at radius 1 is 0.974 bits per heavy atom. The van der Waals surface area contributed by atoms with Crippen LogP contribution in [0.3, 0.4) is 0 Å². The van der Waals surface area contributed by atoms with Crippen LogP contribution in [0.25, 0.3) is 0 Å². The van der Waals surface area contributed by atoms with Crippen molar-refractivity contribution in [2.75, 3.05) is 0 Å². The van der Waals surface area contributed by atoms with Crippen molar-refractivity contribution in [3.63, 3.8) is 0 Å². The van der Waals surface area contributed by atoms with Crippen molar-refractivity contribution in [2.45, 2.75) is 144 Å². The molecule has 0 amide bonds. The molecule has 0 aliphatic heterocycles. The molecule has 4 aliphatic carbocycles. The van der Waals surface area contributed by atoms with Gasteiger partial charge < -0.3 is 4.43 Å². The molecule has 0 N–H and O–H groups in total. The summed E-state index contributed by atoms with van der Waals surface area (Å²) in [5.74, 6) is 5.70. The number of fused-ring (bicyclic) bond motifs is 5. The molecule has 4 aliphatic rings. The Morgan fingerprint density at radius 3 is 2.21 bits per heavy atom. The normalized spacial score (nSPS) is 41.6. The summed E-state index contributed by atoms with van der Waals surface area (Å²) in [5.41, 5.74) is 0.584. The lowest BCUT2D eigenvalue weighted by atomic mass is 9.44. The fraction of sp³-hybridized carbons (Fsp3) is 0.914. The Kier molecular flexibility index (Phi) is 8.66. The quantitative estimate of drug-likeness (QED) is 0.236. The molecule has 4 rings (SSSR count). The largest absolute Gasteiger partial charge is 0.414 e. The predicted octanol–water partition coefficient (Wildman–Crippen LogP) is 10.1. The summed E-state index contributed by atoms with van der Waals surface area (Å²) in [7, 11) is -1.82. The van der Waals surface area contributed by atoms with Gasteiger partial charge in [-0.3, -0.25) is 4.79 Å². The van der Waals surface area contributed by atoms with Crippen molar-refractivity contribution in [2.24, 2.45) is 58.2 Å². The SMILES string of the molecule is CC[C@H](/C=C/[C@@H](C)[C@H]1CC[C@H]2[C@@H]3CC(=O)[C@H]4C[C@@H](O[Si](C)(C)C(C)(C)C)CC[C@]4(C)[C@H]3CC[C@]12C)C(C)C. The van der Waals surface area contributed by atoms with Crippen LogP contribution in [-0.2, 0) is 9.22 Å². The van der Waals surface area contributed by atoms with Crippen LogP contribution >= 0.6 is 0 Å². The van der Waals surface area contributed by atoms with Crippen LogP contribution in [0.15, 0.2) is 12.2 Å². The molecule has 0 radical (unpaired) electrons. The second-order valence-corrected chi connectivity index (χ2v) is 21.4. The van der Waals surface area contributed by atoms with Gasteiger partial charge in [-0.2, -0.15) is 0 Å². The summed E-state index contributed by atoms with van der Waals surface area (Å²) in [6.45, 7) is 26.4. The van der Waals surface area contributed by atoms with E-state index in [0.717, 1.165) is 42.9 Å². The Bertz CT molecular complexity index is 883. The first-order valence-electron chi connectivity index (χ1n) is 16.4. The molecule has 0 aromatic carbocycles. The molecule has 2 nitrogen and oxygen atoms in total. The third-order valence-corrected chi connectivity index (χ3v) is 17.9. The van der Waals surface area contributed by atoms with E-state index in [2.05, 4.69) is 87.6 Å². The van der Waals surface area contributed by atoms with Gasteiger partial charge in [-0.25, -0.2) is 0 Å². The van der Waals surface area contributed by atoms with Crippen molar-refractivity contribution >= 4 is 14.1 Å². The van der Waals surface area contributed by atoms with Crippen LogP contribution in [-0.4, -0.2) is 20.2 Å². The van der Waals surface area contributed by atoms with E-state index >= 15 is 0 Å². The molecule has 0 spiro atoms. The first-order valence-corrected chi connectivity index (χ1v) is 19.3. The molecule has 4 fully saturated rings. The lowest BCUT2D eigenvalue weighted by Gasteiger charge is -2.61. The molecule has 0 saturated heterocycles. The Labute approximate surface area is 237 Å². The van der Waals surface area contributed by atoms with Crippen molar-refractivity contribution in [3.05, 3.63) is 12.2 Å². The molecule has 4 saturated carbocycles. The fourth-order valence-corrected chi connectivity index (χ4v) is 11.3. The number of Topliss-reactive ketones (excluding diaryl/α,β-unsaturated/α-hetero) is 1. The van der Waals surface area contributed by atoms with E-state index < -0.39 is 8.32 Å². The highest BCUT2D eigenvalue weighted by molar-refractivity contribution is 6.74. The average Bonchev–Trinajstić information content (AvgIpc) is 3.16. The molecule has 0 aromatic heterocycles. The maximum Gasteiger partial charge on any atom is 0.192 e. The van der Waals surface area contributed by atoms with Crippen LogP contribution in [0.5, 0.6) is 0 Å². The molecule has 38 heavy (non-hydrogen) atoms. The molecular formula is C35H62O2Si. The summed E-state index contributed by atoms with van der Waals surface area (Å²) in [6, 6.07) is 0. The van der Waals surface area contributed by atoms with Crippen molar-refractivity contribution in [1.29, 1.82) is 0 Å². The highest BCUT2D eigenvalue weighted by Gasteiger charge is 2.62. The maximum atomic E-state index is 13.9. The first-order chi connectivity index (χ1) is 17.5. The Balaban J connectivity index is 1.48. The molecule has 0 heterocycles. The van der Waals surface area contributed by atoms with E-state index in [9.17, 15) is 4.79 Å². The van der Waals surface area contributed by atoms with Gasteiger partial charge in [-0.1, -0.05) is 74.5 Å². The van der Waals surface area contributed by atoms with Gasteiger partial charge >= 0.3 is 0 Å². The molecule has 0 bridgehead atoms. The maximum absolute atomic E-state index is 13.9. The van der Waals surface area contributed by atoms with E-state index in [4.69, 9.17) is 4.43 Å². The smallest absolute Gasteiger partial charge is 0.192 e. The number of rotatable bonds is 7. The zero-order chi connectivity index (χ0) is 28.3. The standard InChI is InChI=1S/C35H62O2Si/c1-12-25(23(2)3)14-13-24(4)28-15-16-29-27-22-32(36)31-21-26(37-38(10,11)33(5,6)7)17-19-35(31,9)30(27)18-20-34(28,29)8/h13-14,23-31H,12,15-22H2,1-11H3/b14-13+/t24-,25-,26+,27+,28-,29+,30+,31-,34-,35-/m1/s1. The minimum atomic E-state index is -1.82. The molecular weight excluding hydrogens is 480 g/mol. The zero-order valence-corrected chi connectivity index (χ0v) is 28.0. The van der Waals surface area contributed by atoms with Crippen molar-refractivity contribution in [3.8, 4) is 0 Å². The minimum Gasteiger partial charge on any atom is -0.414 e. The summed E-state index contributed by atoms with van der Waals surface area (Å²) >= 11 is 0. The van der Waals surface area contributed by atoms with Gasteiger partial charge in [-0.05, 0) is 122 Å². The molecule has 218 valence electrons. The molecule has 0 aromatic rings. The van der Waals surface area contributed by atoms with Crippen LogP contribution in [0.2, 0.25) is 18.1 Å². The third-order valence-electron chi connectivity index (χ3n) is 13.4. The number of carbonyl (C=O) groups is 1.